The van der Waals surface area contributed by atoms with Gasteiger partial charge in [0.15, 0.2) is 0 Å². The number of halogens is 1. The summed E-state index contributed by atoms with van der Waals surface area (Å²) in [5, 5.41) is 6.83. The van der Waals surface area contributed by atoms with Gasteiger partial charge in [-0.1, -0.05) is 6.07 Å². The van der Waals surface area contributed by atoms with Gasteiger partial charge >= 0.3 is 0 Å². The second kappa shape index (κ2) is 7.26. The predicted molar refractivity (Wildman–Crippen MR) is 105 cm³/mol. The van der Waals surface area contributed by atoms with Gasteiger partial charge in [-0.15, -0.1) is 10.8 Å². The number of H-pyrrole nitrogens is 1. The van der Waals surface area contributed by atoms with Gasteiger partial charge in [-0.25, -0.2) is 9.49 Å². The SMILES string of the molecule is O=c1[nH]nc(Cc2ccc(F)c(N3CCCCS3(O)O)c2)c2c1CCCC2. The van der Waals surface area contributed by atoms with Gasteiger partial charge in [0.1, 0.15) is 5.82 Å². The van der Waals surface area contributed by atoms with Gasteiger partial charge in [-0.05, 0) is 61.8 Å². The molecule has 146 valence electrons. The van der Waals surface area contributed by atoms with Crippen LogP contribution in [0.5, 0.6) is 0 Å². The van der Waals surface area contributed by atoms with Crippen LogP contribution in [-0.2, 0) is 19.3 Å². The molecule has 1 aliphatic carbocycles. The van der Waals surface area contributed by atoms with Crippen LogP contribution in [0.25, 0.3) is 0 Å². The lowest BCUT2D eigenvalue weighted by Crippen LogP contribution is -2.35. The predicted octanol–water partition coefficient (Wildman–Crippen LogP) is 3.64. The van der Waals surface area contributed by atoms with Gasteiger partial charge < -0.3 is 0 Å². The van der Waals surface area contributed by atoms with Gasteiger partial charge in [0.25, 0.3) is 5.56 Å². The van der Waals surface area contributed by atoms with E-state index in [4.69, 9.17) is 0 Å². The van der Waals surface area contributed by atoms with Crippen molar-refractivity contribution in [3.05, 3.63) is 56.8 Å². The maximum absolute atomic E-state index is 14.4. The van der Waals surface area contributed by atoms with Crippen molar-refractivity contribution in [1.82, 2.24) is 10.2 Å². The van der Waals surface area contributed by atoms with Crippen molar-refractivity contribution in [3.63, 3.8) is 0 Å². The molecule has 0 radical (unpaired) electrons. The molecule has 6 nitrogen and oxygen atoms in total. The van der Waals surface area contributed by atoms with Gasteiger partial charge in [0, 0.05) is 18.5 Å². The molecular formula is C19H24FN3O3S. The van der Waals surface area contributed by atoms with Crippen LogP contribution in [-0.4, -0.2) is 31.6 Å². The number of hydrogen-bond donors (Lipinski definition) is 3. The monoisotopic (exact) mass is 393 g/mol. The van der Waals surface area contributed by atoms with E-state index in [1.54, 1.807) is 12.1 Å². The second-order valence-corrected chi connectivity index (χ2v) is 9.39. The Morgan fingerprint density at radius 3 is 2.70 bits per heavy atom. The summed E-state index contributed by atoms with van der Waals surface area (Å²) in [5.74, 6) is -0.192. The summed E-state index contributed by atoms with van der Waals surface area (Å²) in [6.07, 6.45) is 5.65. The fraction of sp³-hybridized carbons (Fsp3) is 0.474. The molecule has 0 unspecified atom stereocenters. The van der Waals surface area contributed by atoms with E-state index in [-0.39, 0.29) is 17.0 Å². The Kier molecular flexibility index (Phi) is 4.96. The molecule has 2 heterocycles. The highest BCUT2D eigenvalue weighted by molar-refractivity contribution is 8.25. The maximum atomic E-state index is 14.4. The first kappa shape index (κ1) is 18.5. The zero-order valence-corrected chi connectivity index (χ0v) is 15.9. The number of fused-ring (bicyclic) bond motifs is 1. The lowest BCUT2D eigenvalue weighted by atomic mass is 9.90. The molecule has 1 fully saturated rings. The van der Waals surface area contributed by atoms with Gasteiger partial charge in [0.05, 0.1) is 17.1 Å². The minimum absolute atomic E-state index is 0.115. The van der Waals surface area contributed by atoms with Crippen LogP contribution in [0.1, 0.15) is 48.1 Å². The van der Waals surface area contributed by atoms with Crippen LogP contribution >= 0.6 is 10.8 Å². The number of nitrogens with zero attached hydrogens (tertiary/aromatic N) is 2. The summed E-state index contributed by atoms with van der Waals surface area (Å²) in [5.41, 5.74) is 3.59. The van der Waals surface area contributed by atoms with Crippen LogP contribution < -0.4 is 9.86 Å². The summed E-state index contributed by atoms with van der Waals surface area (Å²) in [6, 6.07) is 4.74. The number of rotatable bonds is 3. The summed E-state index contributed by atoms with van der Waals surface area (Å²) in [4.78, 5) is 12.0. The zero-order valence-electron chi connectivity index (χ0n) is 15.1. The molecule has 8 heteroatoms. The molecule has 0 atom stereocenters. The van der Waals surface area contributed by atoms with E-state index in [1.165, 1.54) is 10.4 Å². The Morgan fingerprint density at radius 2 is 1.93 bits per heavy atom. The highest BCUT2D eigenvalue weighted by atomic mass is 32.3. The van der Waals surface area contributed by atoms with E-state index in [9.17, 15) is 18.3 Å². The van der Waals surface area contributed by atoms with Crippen molar-refractivity contribution in [1.29, 1.82) is 0 Å². The maximum Gasteiger partial charge on any atom is 0.267 e. The van der Waals surface area contributed by atoms with Crippen LogP contribution in [0.2, 0.25) is 0 Å². The second-order valence-electron chi connectivity index (χ2n) is 7.27. The third kappa shape index (κ3) is 3.61. The number of nitrogens with one attached hydrogen (secondary N) is 1. The van der Waals surface area contributed by atoms with Crippen molar-refractivity contribution in [2.24, 2.45) is 0 Å². The van der Waals surface area contributed by atoms with E-state index in [1.807, 2.05) is 0 Å². The Balaban J connectivity index is 1.67. The largest absolute Gasteiger partial charge is 0.282 e. The van der Waals surface area contributed by atoms with Crippen LogP contribution in [0.4, 0.5) is 10.1 Å². The van der Waals surface area contributed by atoms with Gasteiger partial charge in [-0.3, -0.25) is 18.2 Å². The molecule has 4 rings (SSSR count). The molecule has 0 spiro atoms. The molecule has 1 aliphatic heterocycles. The fourth-order valence-corrected chi connectivity index (χ4v) is 5.70. The topological polar surface area (TPSA) is 89.5 Å². The summed E-state index contributed by atoms with van der Waals surface area (Å²) in [7, 11) is -2.98. The third-order valence-corrected chi connectivity index (χ3v) is 7.34. The van der Waals surface area contributed by atoms with Gasteiger partial charge in [-0.2, -0.15) is 5.10 Å². The van der Waals surface area contributed by atoms with E-state index in [0.29, 0.717) is 13.0 Å². The van der Waals surface area contributed by atoms with Crippen molar-refractivity contribution >= 4 is 16.5 Å². The minimum Gasteiger partial charge on any atom is -0.282 e. The highest BCUT2D eigenvalue weighted by Gasteiger charge is 2.29. The normalized spacial score (nSPS) is 20.2. The average molecular weight is 393 g/mol. The summed E-state index contributed by atoms with van der Waals surface area (Å²) in [6.45, 7) is 0.426. The number of aromatic amines is 1. The standard InChI is InChI=1S/C19H24FN3O3S/c20-16-8-7-13(12-18(16)23-9-3-4-10-27(23,25)26)11-17-14-5-1-2-6-15(14)19(24)22-21-17/h7-8,12,25-26H,1-6,9-11H2,(H,22,24). The summed E-state index contributed by atoms with van der Waals surface area (Å²) >= 11 is 0. The highest BCUT2D eigenvalue weighted by Crippen LogP contribution is 2.50. The van der Waals surface area contributed by atoms with Crippen molar-refractivity contribution < 1.29 is 13.5 Å². The molecule has 3 N–H and O–H groups in total. The molecule has 0 bridgehead atoms. The molecule has 1 aromatic heterocycles. The van der Waals surface area contributed by atoms with E-state index < -0.39 is 16.6 Å². The molecule has 1 saturated heterocycles. The van der Waals surface area contributed by atoms with Crippen LogP contribution in [0.3, 0.4) is 0 Å². The zero-order chi connectivity index (χ0) is 19.0. The van der Waals surface area contributed by atoms with E-state index in [2.05, 4.69) is 10.2 Å². The fourth-order valence-electron chi connectivity index (χ4n) is 4.01. The average Bonchev–Trinajstić information content (AvgIpc) is 2.66. The lowest BCUT2D eigenvalue weighted by Gasteiger charge is -2.47. The first-order valence-electron chi connectivity index (χ1n) is 9.37. The van der Waals surface area contributed by atoms with Crippen LogP contribution in [0, 0.1) is 5.82 Å². The molecule has 0 saturated carbocycles. The van der Waals surface area contributed by atoms with E-state index in [0.717, 1.165) is 60.9 Å². The molecule has 0 amide bonds. The van der Waals surface area contributed by atoms with Gasteiger partial charge in [0.2, 0.25) is 0 Å². The first-order valence-corrected chi connectivity index (χ1v) is 11.0. The number of anilines is 1. The summed E-state index contributed by atoms with van der Waals surface area (Å²) < 4.78 is 36.5. The third-order valence-electron chi connectivity index (χ3n) is 5.42. The molecule has 2 aromatic rings. The van der Waals surface area contributed by atoms with Crippen molar-refractivity contribution in [2.45, 2.75) is 44.9 Å². The lowest BCUT2D eigenvalue weighted by molar-refractivity contribution is 0.465. The number of aromatic nitrogens is 2. The van der Waals surface area contributed by atoms with Crippen LogP contribution in [0.15, 0.2) is 23.0 Å². The number of hydrogen-bond acceptors (Lipinski definition) is 5. The molecular weight excluding hydrogens is 369 g/mol. The molecule has 1 aromatic carbocycles. The van der Waals surface area contributed by atoms with Crippen molar-refractivity contribution in [2.75, 3.05) is 16.6 Å². The molecule has 2 aliphatic rings. The quantitative estimate of drug-likeness (QED) is 0.741. The Hall–Kier alpha value is -1.90. The van der Waals surface area contributed by atoms with E-state index >= 15 is 0 Å². The Morgan fingerprint density at radius 1 is 1.15 bits per heavy atom. The first-order chi connectivity index (χ1) is 13.0. The molecule has 27 heavy (non-hydrogen) atoms. The smallest absolute Gasteiger partial charge is 0.267 e. The minimum atomic E-state index is -2.98. The van der Waals surface area contributed by atoms with Crippen molar-refractivity contribution in [3.8, 4) is 0 Å². The number of benzene rings is 1. The Bertz CT molecular complexity index is 916. The Labute approximate surface area is 158 Å².